The number of carbonyl (C=O) groups is 2. The fourth-order valence-electron chi connectivity index (χ4n) is 2.00. The molecule has 0 aromatic heterocycles. The predicted octanol–water partition coefficient (Wildman–Crippen LogP) is 2.77. The lowest BCUT2D eigenvalue weighted by Gasteiger charge is -2.04. The van der Waals surface area contributed by atoms with Gasteiger partial charge in [-0.2, -0.15) is 5.10 Å². The lowest BCUT2D eigenvalue weighted by Crippen LogP contribution is -2.19. The maximum atomic E-state index is 12.1. The number of carbonyl (C=O) groups excluding carboxylic acids is 2. The molecule has 0 atom stereocenters. The Balaban J connectivity index is 1.59. The maximum Gasteiger partial charge on any atom is 0.343 e. The average molecular weight is 353 g/mol. The van der Waals surface area contributed by atoms with E-state index in [-0.39, 0.29) is 5.91 Å². The van der Waals surface area contributed by atoms with Gasteiger partial charge in [0.15, 0.2) is 5.17 Å². The van der Waals surface area contributed by atoms with Gasteiger partial charge in [0.1, 0.15) is 5.75 Å². The van der Waals surface area contributed by atoms with Gasteiger partial charge >= 0.3 is 5.97 Å². The second-order valence-electron chi connectivity index (χ2n) is 5.31. The summed E-state index contributed by atoms with van der Waals surface area (Å²) in [5.74, 6) is 0.350. The first-order valence-electron chi connectivity index (χ1n) is 7.53. The number of rotatable bonds is 4. The number of aryl methyl sites for hydroxylation is 1. The topological polar surface area (TPSA) is 80.1 Å². The Hall–Kier alpha value is -2.93. The van der Waals surface area contributed by atoms with Crippen molar-refractivity contribution in [2.75, 3.05) is 5.75 Å². The van der Waals surface area contributed by atoms with Crippen molar-refractivity contribution in [3.63, 3.8) is 0 Å². The highest BCUT2D eigenvalue weighted by Gasteiger charge is 2.15. The third kappa shape index (κ3) is 4.77. The van der Waals surface area contributed by atoms with Crippen molar-refractivity contribution in [1.82, 2.24) is 5.32 Å². The number of amides is 1. The minimum atomic E-state index is -0.401. The van der Waals surface area contributed by atoms with Gasteiger partial charge in [0.25, 0.3) is 0 Å². The summed E-state index contributed by atoms with van der Waals surface area (Å²) in [7, 11) is 0. The Labute approximate surface area is 149 Å². The van der Waals surface area contributed by atoms with Crippen LogP contribution in [-0.4, -0.2) is 29.0 Å². The molecule has 0 radical (unpaired) electrons. The normalized spacial score (nSPS) is 15.6. The van der Waals surface area contributed by atoms with Crippen molar-refractivity contribution in [1.29, 1.82) is 0 Å². The lowest BCUT2D eigenvalue weighted by molar-refractivity contribution is -0.116. The average Bonchev–Trinajstić information content (AvgIpc) is 3.02. The van der Waals surface area contributed by atoms with E-state index >= 15 is 0 Å². The van der Waals surface area contributed by atoms with Crippen LogP contribution in [0, 0.1) is 6.92 Å². The SMILES string of the molecule is Cc1ccc(C(=O)Oc2ccc(/C=N\N=C3/NC(=O)CS3)cc2)cc1. The number of nitrogens with one attached hydrogen (secondary N) is 1. The minimum absolute atomic E-state index is 0.0707. The molecule has 3 rings (SSSR count). The molecule has 1 heterocycles. The second-order valence-corrected chi connectivity index (χ2v) is 6.28. The summed E-state index contributed by atoms with van der Waals surface area (Å²) in [6.07, 6.45) is 1.56. The van der Waals surface area contributed by atoms with E-state index in [1.807, 2.05) is 19.1 Å². The van der Waals surface area contributed by atoms with Crippen molar-refractivity contribution in [3.8, 4) is 5.75 Å². The summed E-state index contributed by atoms with van der Waals surface area (Å²) in [5, 5.41) is 10.9. The van der Waals surface area contributed by atoms with E-state index in [0.717, 1.165) is 11.1 Å². The molecule has 0 bridgehead atoms. The first kappa shape index (κ1) is 16.9. The third-order valence-electron chi connectivity index (χ3n) is 3.32. The number of hydrogen-bond donors (Lipinski definition) is 1. The van der Waals surface area contributed by atoms with Crippen LogP contribution < -0.4 is 10.1 Å². The number of hydrogen-bond acceptors (Lipinski definition) is 6. The zero-order chi connectivity index (χ0) is 17.6. The van der Waals surface area contributed by atoms with Gasteiger partial charge in [-0.15, -0.1) is 5.10 Å². The number of ether oxygens (including phenoxy) is 1. The monoisotopic (exact) mass is 353 g/mol. The van der Waals surface area contributed by atoms with Crippen molar-refractivity contribution in [2.24, 2.45) is 10.2 Å². The van der Waals surface area contributed by atoms with Gasteiger partial charge in [-0.1, -0.05) is 29.5 Å². The van der Waals surface area contributed by atoms with Crippen LogP contribution in [0.15, 0.2) is 58.7 Å². The lowest BCUT2D eigenvalue weighted by atomic mass is 10.1. The van der Waals surface area contributed by atoms with E-state index in [0.29, 0.717) is 22.2 Å². The summed E-state index contributed by atoms with van der Waals surface area (Å²) in [6.45, 7) is 1.96. The van der Waals surface area contributed by atoms with Crippen LogP contribution in [0.5, 0.6) is 5.75 Å². The molecule has 0 spiro atoms. The Bertz CT molecular complexity index is 843. The molecule has 6 nitrogen and oxygen atoms in total. The molecular formula is C18H15N3O3S. The van der Waals surface area contributed by atoms with Gasteiger partial charge in [-0.25, -0.2) is 4.79 Å². The van der Waals surface area contributed by atoms with Crippen molar-refractivity contribution in [3.05, 3.63) is 65.2 Å². The fourth-order valence-corrected chi connectivity index (χ4v) is 2.64. The highest BCUT2D eigenvalue weighted by atomic mass is 32.2. The minimum Gasteiger partial charge on any atom is -0.423 e. The quantitative estimate of drug-likeness (QED) is 0.397. The number of benzene rings is 2. The van der Waals surface area contributed by atoms with Crippen molar-refractivity contribution < 1.29 is 14.3 Å². The highest BCUT2D eigenvalue weighted by molar-refractivity contribution is 8.15. The van der Waals surface area contributed by atoms with Crippen LogP contribution in [-0.2, 0) is 4.79 Å². The molecule has 7 heteroatoms. The molecule has 1 amide bonds. The van der Waals surface area contributed by atoms with E-state index in [2.05, 4.69) is 15.5 Å². The Morgan fingerprint density at radius 2 is 1.88 bits per heavy atom. The first-order chi connectivity index (χ1) is 12.1. The zero-order valence-corrected chi connectivity index (χ0v) is 14.2. The largest absolute Gasteiger partial charge is 0.423 e. The standard InChI is InChI=1S/C18H15N3O3S/c1-12-2-6-14(7-3-12)17(23)24-15-8-4-13(5-9-15)10-19-21-18-20-16(22)11-25-18/h2-10H,11H2,1H3,(H,20,21,22)/b19-10-. The van der Waals surface area contributed by atoms with Gasteiger partial charge in [0.05, 0.1) is 17.5 Å². The van der Waals surface area contributed by atoms with Crippen LogP contribution in [0.3, 0.4) is 0 Å². The number of esters is 1. The Kier molecular flexibility index (Phi) is 5.25. The number of nitrogens with zero attached hydrogens (tertiary/aromatic N) is 2. The highest BCUT2D eigenvalue weighted by Crippen LogP contribution is 2.14. The zero-order valence-electron chi connectivity index (χ0n) is 13.4. The molecule has 126 valence electrons. The number of thioether (sulfide) groups is 1. The van der Waals surface area contributed by atoms with E-state index < -0.39 is 5.97 Å². The summed E-state index contributed by atoms with van der Waals surface area (Å²) in [6, 6.07) is 14.1. The molecule has 2 aromatic carbocycles. The molecule has 25 heavy (non-hydrogen) atoms. The van der Waals surface area contributed by atoms with E-state index in [9.17, 15) is 9.59 Å². The number of amidine groups is 1. The maximum absolute atomic E-state index is 12.1. The van der Waals surface area contributed by atoms with Crippen molar-refractivity contribution in [2.45, 2.75) is 6.92 Å². The van der Waals surface area contributed by atoms with Gasteiger partial charge in [0, 0.05) is 0 Å². The van der Waals surface area contributed by atoms with Gasteiger partial charge in [0.2, 0.25) is 5.91 Å². The molecule has 1 fully saturated rings. The molecular weight excluding hydrogens is 338 g/mol. The van der Waals surface area contributed by atoms with Gasteiger partial charge in [-0.05, 0) is 48.9 Å². The van der Waals surface area contributed by atoms with Crippen LogP contribution >= 0.6 is 11.8 Å². The molecule has 1 N–H and O–H groups in total. The summed E-state index contributed by atoms with van der Waals surface area (Å²) in [4.78, 5) is 23.1. The molecule has 0 unspecified atom stereocenters. The van der Waals surface area contributed by atoms with E-state index in [1.165, 1.54) is 11.8 Å². The fraction of sp³-hybridized carbons (Fsp3) is 0.111. The molecule has 1 saturated heterocycles. The van der Waals surface area contributed by atoms with E-state index in [1.54, 1.807) is 42.6 Å². The smallest absolute Gasteiger partial charge is 0.343 e. The van der Waals surface area contributed by atoms with E-state index in [4.69, 9.17) is 4.74 Å². The molecule has 0 aliphatic carbocycles. The summed E-state index contributed by atoms with van der Waals surface area (Å²) >= 11 is 1.31. The predicted molar refractivity (Wildman–Crippen MR) is 98.2 cm³/mol. The molecule has 1 aliphatic heterocycles. The van der Waals surface area contributed by atoms with Crippen LogP contribution in [0.4, 0.5) is 0 Å². The van der Waals surface area contributed by atoms with Gasteiger partial charge < -0.3 is 10.1 Å². The van der Waals surface area contributed by atoms with Crippen LogP contribution in [0.1, 0.15) is 21.5 Å². The second kappa shape index (κ2) is 7.76. The summed E-state index contributed by atoms with van der Waals surface area (Å²) < 4.78 is 5.33. The third-order valence-corrected chi connectivity index (χ3v) is 4.18. The molecule has 1 aliphatic rings. The Morgan fingerprint density at radius 1 is 1.16 bits per heavy atom. The van der Waals surface area contributed by atoms with Crippen LogP contribution in [0.25, 0.3) is 0 Å². The summed E-state index contributed by atoms with van der Waals surface area (Å²) in [5.41, 5.74) is 2.39. The first-order valence-corrected chi connectivity index (χ1v) is 8.51. The molecule has 0 saturated carbocycles. The Morgan fingerprint density at radius 3 is 2.52 bits per heavy atom. The van der Waals surface area contributed by atoms with Crippen molar-refractivity contribution >= 4 is 35.0 Å². The van der Waals surface area contributed by atoms with Crippen LogP contribution in [0.2, 0.25) is 0 Å². The molecule has 2 aromatic rings. The van der Waals surface area contributed by atoms with Gasteiger partial charge in [-0.3, -0.25) is 4.79 Å².